The van der Waals surface area contributed by atoms with E-state index in [9.17, 15) is 0 Å². The van der Waals surface area contributed by atoms with Crippen molar-refractivity contribution in [3.05, 3.63) is 103 Å². The van der Waals surface area contributed by atoms with Gasteiger partial charge in [0.05, 0.1) is 28.7 Å². The Balaban J connectivity index is 0.00000181. The summed E-state index contributed by atoms with van der Waals surface area (Å²) in [5.74, 6) is 1.19. The van der Waals surface area contributed by atoms with Gasteiger partial charge in [-0.25, -0.2) is 9.97 Å². The normalized spacial score (nSPS) is 11.3. The number of imidazole rings is 1. The smallest absolute Gasteiger partial charge is 0.181 e. The van der Waals surface area contributed by atoms with E-state index in [1.165, 1.54) is 0 Å². The third kappa shape index (κ3) is 6.23. The van der Waals surface area contributed by atoms with Crippen LogP contribution in [0.15, 0.2) is 86.1 Å². The van der Waals surface area contributed by atoms with Gasteiger partial charge in [0.2, 0.25) is 0 Å². The molecule has 0 amide bonds. The van der Waals surface area contributed by atoms with Crippen molar-refractivity contribution < 1.29 is 0 Å². The molecule has 8 nitrogen and oxygen atoms in total. The van der Waals surface area contributed by atoms with Gasteiger partial charge in [0.25, 0.3) is 0 Å². The van der Waals surface area contributed by atoms with Crippen molar-refractivity contribution in [2.24, 2.45) is 5.92 Å². The first-order valence-corrected chi connectivity index (χ1v) is 13.5. The molecule has 5 rings (SSSR count). The predicted octanol–water partition coefficient (Wildman–Crippen LogP) is 7.73. The zero-order valence-corrected chi connectivity index (χ0v) is 23.8. The number of hydrogen-bond donors (Lipinski definition) is 3. The van der Waals surface area contributed by atoms with Gasteiger partial charge in [0.15, 0.2) is 11.5 Å². The summed E-state index contributed by atoms with van der Waals surface area (Å²) in [4.78, 5) is 21.9. The van der Waals surface area contributed by atoms with Crippen LogP contribution in [0.5, 0.6) is 0 Å². The van der Waals surface area contributed by atoms with Crippen LogP contribution in [-0.2, 0) is 0 Å². The van der Waals surface area contributed by atoms with Crippen molar-refractivity contribution in [2.45, 2.75) is 41.0 Å². The summed E-state index contributed by atoms with van der Waals surface area (Å²) < 4.78 is 0. The fourth-order valence-corrected chi connectivity index (χ4v) is 4.42. The summed E-state index contributed by atoms with van der Waals surface area (Å²) >= 11 is 0. The molecular formula is C32H36N8. The highest BCUT2D eigenvalue weighted by molar-refractivity contribution is 5.92. The fraction of sp³-hybridized carbons (Fsp3) is 0.219. The molecule has 0 atom stereocenters. The summed E-state index contributed by atoms with van der Waals surface area (Å²) in [6.07, 6.45) is 11.8. The molecule has 0 aliphatic carbocycles. The van der Waals surface area contributed by atoms with E-state index >= 15 is 0 Å². The van der Waals surface area contributed by atoms with E-state index in [-0.39, 0.29) is 0 Å². The Bertz CT molecular complexity index is 1640. The minimum atomic E-state index is 0.523. The molecule has 0 aliphatic rings. The molecule has 0 saturated carbocycles. The van der Waals surface area contributed by atoms with Gasteiger partial charge in [-0.05, 0) is 43.5 Å². The minimum Gasteiger partial charge on any atom is -0.358 e. The van der Waals surface area contributed by atoms with Gasteiger partial charge < -0.3 is 10.3 Å². The topological polar surface area (TPSA) is 108 Å². The van der Waals surface area contributed by atoms with E-state index < -0.39 is 0 Å². The molecule has 0 spiro atoms. The maximum atomic E-state index is 4.93. The largest absolute Gasteiger partial charge is 0.358 e. The number of nitrogens with zero attached hydrogens (tertiary/aromatic N) is 5. The van der Waals surface area contributed by atoms with E-state index in [4.69, 9.17) is 4.98 Å². The first-order valence-electron chi connectivity index (χ1n) is 13.5. The molecule has 0 aromatic carbocycles. The summed E-state index contributed by atoms with van der Waals surface area (Å²) in [5, 5.41) is 11.8. The van der Waals surface area contributed by atoms with Gasteiger partial charge in [-0.3, -0.25) is 15.1 Å². The van der Waals surface area contributed by atoms with E-state index in [1.807, 2.05) is 57.4 Å². The third-order valence-electron chi connectivity index (χ3n) is 6.06. The molecule has 8 heteroatoms. The SMILES string of the molecule is C=C/C=C(/c1ccccn1)c1nc(-c2[nH]nc3ncc(-c4cncc(NC(=C)CC(C)C)c4)cc23)[nH]c1C.CC. The Kier molecular flexibility index (Phi) is 9.01. The number of aromatic nitrogens is 7. The zero-order chi connectivity index (χ0) is 28.6. The van der Waals surface area contributed by atoms with E-state index in [2.05, 4.69) is 74.6 Å². The highest BCUT2D eigenvalue weighted by atomic mass is 15.2. The van der Waals surface area contributed by atoms with Gasteiger partial charge in [-0.1, -0.05) is 59.1 Å². The van der Waals surface area contributed by atoms with Crippen LogP contribution in [0.1, 0.15) is 51.2 Å². The number of hydrogen-bond acceptors (Lipinski definition) is 6. The van der Waals surface area contributed by atoms with Crippen LogP contribution >= 0.6 is 0 Å². The van der Waals surface area contributed by atoms with E-state index in [1.54, 1.807) is 18.5 Å². The molecule has 3 N–H and O–H groups in total. The van der Waals surface area contributed by atoms with Crippen molar-refractivity contribution in [1.29, 1.82) is 0 Å². The third-order valence-corrected chi connectivity index (χ3v) is 6.06. The molecule has 5 aromatic heterocycles. The lowest BCUT2D eigenvalue weighted by Crippen LogP contribution is -2.02. The Morgan fingerprint density at radius 1 is 1.07 bits per heavy atom. The second kappa shape index (κ2) is 12.8. The summed E-state index contributed by atoms with van der Waals surface area (Å²) in [6, 6.07) is 9.91. The Morgan fingerprint density at radius 3 is 2.60 bits per heavy atom. The predicted molar refractivity (Wildman–Crippen MR) is 165 cm³/mol. The minimum absolute atomic E-state index is 0.523. The second-order valence-corrected chi connectivity index (χ2v) is 9.57. The lowest BCUT2D eigenvalue weighted by molar-refractivity contribution is 0.645. The monoisotopic (exact) mass is 532 g/mol. The van der Waals surface area contributed by atoms with Crippen LogP contribution in [-0.4, -0.2) is 35.1 Å². The number of aromatic amines is 2. The van der Waals surface area contributed by atoms with Gasteiger partial charge in [-0.15, -0.1) is 0 Å². The standard InChI is InChI=1S/C30H30N8.C2H6/c1-6-9-24(26-10-7-8-11-32-26)27-20(5)35-30(36-27)28-25-14-22(16-33-29(25)38-37-28)21-13-23(17-31-15-21)34-19(4)12-18(2)3;1-2/h6-11,13-18,34H,1,4,12H2,2-3,5H3,(H,35,36)(H,33,37,38);1-2H3/b24-9-;. The molecule has 0 aliphatic heterocycles. The number of aryl methyl sites for hydroxylation is 1. The molecule has 40 heavy (non-hydrogen) atoms. The van der Waals surface area contributed by atoms with Crippen LogP contribution in [0.3, 0.4) is 0 Å². The molecule has 0 saturated heterocycles. The van der Waals surface area contributed by atoms with Gasteiger partial charge in [0, 0.05) is 46.7 Å². The summed E-state index contributed by atoms with van der Waals surface area (Å²) in [7, 11) is 0. The molecule has 5 heterocycles. The lowest BCUT2D eigenvalue weighted by Gasteiger charge is -2.12. The van der Waals surface area contributed by atoms with Crippen molar-refractivity contribution in [3.63, 3.8) is 0 Å². The molecule has 0 bridgehead atoms. The van der Waals surface area contributed by atoms with Crippen LogP contribution in [0.2, 0.25) is 0 Å². The summed E-state index contributed by atoms with van der Waals surface area (Å²) in [6.45, 7) is 18.3. The number of pyridine rings is 3. The molecular weight excluding hydrogens is 496 g/mol. The quantitative estimate of drug-likeness (QED) is 0.168. The molecule has 5 aromatic rings. The Morgan fingerprint density at radius 2 is 1.88 bits per heavy atom. The van der Waals surface area contributed by atoms with Gasteiger partial charge >= 0.3 is 0 Å². The molecule has 0 fully saturated rings. The average molecular weight is 533 g/mol. The lowest BCUT2D eigenvalue weighted by atomic mass is 10.1. The molecule has 0 unspecified atom stereocenters. The average Bonchev–Trinajstić information content (AvgIpc) is 3.55. The number of fused-ring (bicyclic) bond motifs is 1. The fourth-order valence-electron chi connectivity index (χ4n) is 4.42. The highest BCUT2D eigenvalue weighted by Crippen LogP contribution is 2.31. The van der Waals surface area contributed by atoms with Crippen LogP contribution in [0.4, 0.5) is 5.69 Å². The van der Waals surface area contributed by atoms with Gasteiger partial charge in [0.1, 0.15) is 5.69 Å². The van der Waals surface area contributed by atoms with Crippen LogP contribution in [0, 0.1) is 12.8 Å². The molecule has 0 radical (unpaired) electrons. The van der Waals surface area contributed by atoms with Crippen LogP contribution < -0.4 is 5.32 Å². The van der Waals surface area contributed by atoms with Gasteiger partial charge in [-0.2, -0.15) is 5.10 Å². The number of allylic oxidation sites excluding steroid dienone is 3. The van der Waals surface area contributed by atoms with Crippen molar-refractivity contribution in [3.8, 4) is 22.6 Å². The maximum absolute atomic E-state index is 4.93. The van der Waals surface area contributed by atoms with Crippen molar-refractivity contribution in [2.75, 3.05) is 5.32 Å². The van der Waals surface area contributed by atoms with Crippen LogP contribution in [0.25, 0.3) is 39.3 Å². The van der Waals surface area contributed by atoms with Crippen molar-refractivity contribution in [1.82, 2.24) is 35.1 Å². The first kappa shape index (κ1) is 28.2. The zero-order valence-electron chi connectivity index (χ0n) is 23.8. The Labute approximate surface area is 235 Å². The van der Waals surface area contributed by atoms with E-state index in [0.717, 1.165) is 62.7 Å². The number of nitrogens with one attached hydrogen (secondary N) is 3. The number of H-pyrrole nitrogens is 2. The summed E-state index contributed by atoms with van der Waals surface area (Å²) in [5.41, 5.74) is 8.51. The molecule has 204 valence electrons. The first-order chi connectivity index (χ1) is 19.4. The van der Waals surface area contributed by atoms with Crippen molar-refractivity contribution >= 4 is 22.3 Å². The number of anilines is 1. The second-order valence-electron chi connectivity index (χ2n) is 9.57. The number of rotatable bonds is 9. The van der Waals surface area contributed by atoms with E-state index in [0.29, 0.717) is 17.4 Å². The highest BCUT2D eigenvalue weighted by Gasteiger charge is 2.18. The maximum Gasteiger partial charge on any atom is 0.181 e. The Hall–Kier alpha value is -4.85.